The molecule has 1 aliphatic rings. The van der Waals surface area contributed by atoms with Gasteiger partial charge < -0.3 is 19.5 Å². The Morgan fingerprint density at radius 2 is 1.37 bits per heavy atom. The van der Waals surface area contributed by atoms with E-state index >= 15 is 0 Å². The highest BCUT2D eigenvalue weighted by molar-refractivity contribution is 7.89. The summed E-state index contributed by atoms with van der Waals surface area (Å²) in [6, 6.07) is 37.0. The molecule has 3 aromatic heterocycles. The fourth-order valence-electron chi connectivity index (χ4n) is 7.51. The maximum Gasteiger partial charge on any atom is 0.338 e. The average molecular weight is 870 g/mol. The van der Waals surface area contributed by atoms with Crippen molar-refractivity contribution in [1.29, 1.82) is 0 Å². The largest absolute Gasteiger partial charge is 0.451 e. The van der Waals surface area contributed by atoms with E-state index < -0.39 is 46.5 Å². The van der Waals surface area contributed by atoms with E-state index in [1.807, 2.05) is 57.2 Å². The van der Waals surface area contributed by atoms with Gasteiger partial charge in [0, 0.05) is 19.0 Å². The topological polar surface area (TPSA) is 194 Å². The number of fused-ring (bicyclic) bond motifs is 1. The Morgan fingerprint density at radius 3 is 1.92 bits per heavy atom. The lowest BCUT2D eigenvalue weighted by Gasteiger charge is -2.24. The second kappa shape index (κ2) is 19.1. The number of aryl methyl sites for hydroxylation is 1. The maximum atomic E-state index is 13.9. The van der Waals surface area contributed by atoms with Gasteiger partial charge in [0.05, 0.1) is 35.9 Å². The van der Waals surface area contributed by atoms with Crippen molar-refractivity contribution in [3.8, 4) is 0 Å². The van der Waals surface area contributed by atoms with Crippen molar-refractivity contribution in [1.82, 2.24) is 39.2 Å². The minimum absolute atomic E-state index is 0.0916. The summed E-state index contributed by atoms with van der Waals surface area (Å²) in [5.74, 6) is -1.22. The molecule has 4 aromatic carbocycles. The summed E-state index contributed by atoms with van der Waals surface area (Å²) in [5.41, 5.74) is 3.57. The number of nitrogens with one attached hydrogen (secondary N) is 2. The van der Waals surface area contributed by atoms with E-state index in [1.54, 1.807) is 76.1 Å². The van der Waals surface area contributed by atoms with Crippen molar-refractivity contribution in [3.63, 3.8) is 0 Å². The summed E-state index contributed by atoms with van der Waals surface area (Å²) in [6.45, 7) is 6.20. The average Bonchev–Trinajstić information content (AvgIpc) is 4.04. The maximum absolute atomic E-state index is 13.9. The number of hydrogen-bond donors (Lipinski definition) is 2. The molecule has 8 rings (SSSR count). The number of carbonyl (C=O) groups excluding carboxylic acids is 2. The third kappa shape index (κ3) is 9.96. The van der Waals surface area contributed by atoms with Crippen molar-refractivity contribution in [2.45, 2.75) is 64.3 Å². The first-order valence-corrected chi connectivity index (χ1v) is 22.3. The van der Waals surface area contributed by atoms with Gasteiger partial charge in [-0.2, -0.15) is 0 Å². The second-order valence-electron chi connectivity index (χ2n) is 15.5. The van der Waals surface area contributed by atoms with Crippen LogP contribution < -0.4 is 10.0 Å². The van der Waals surface area contributed by atoms with Gasteiger partial charge in [-0.05, 0) is 48.2 Å². The fraction of sp³-hybridized carbons (Fsp3) is 0.283. The van der Waals surface area contributed by atoms with E-state index in [4.69, 9.17) is 29.2 Å². The molecule has 0 bridgehead atoms. The van der Waals surface area contributed by atoms with Crippen molar-refractivity contribution < 1.29 is 32.2 Å². The highest BCUT2D eigenvalue weighted by Gasteiger charge is 2.53. The molecule has 16 nitrogen and oxygen atoms in total. The fourth-order valence-corrected chi connectivity index (χ4v) is 8.85. The summed E-state index contributed by atoms with van der Waals surface area (Å²) in [7, 11) is -3.70. The van der Waals surface area contributed by atoms with Crippen LogP contribution in [0.5, 0.6) is 0 Å². The molecule has 1 aliphatic heterocycles. The second-order valence-corrected chi connectivity index (χ2v) is 17.3. The van der Waals surface area contributed by atoms with Crippen LogP contribution in [0, 0.1) is 5.92 Å². The Labute approximate surface area is 364 Å². The van der Waals surface area contributed by atoms with E-state index in [-0.39, 0.29) is 46.7 Å². The van der Waals surface area contributed by atoms with Gasteiger partial charge in [-0.25, -0.2) is 37.7 Å². The zero-order valence-electron chi connectivity index (χ0n) is 34.9. The third-order valence-electron chi connectivity index (χ3n) is 10.5. The third-order valence-corrected chi connectivity index (χ3v) is 12.2. The molecule has 0 unspecified atom stereocenters. The number of hydrogen-bond acceptors (Lipinski definition) is 13. The smallest absolute Gasteiger partial charge is 0.338 e. The van der Waals surface area contributed by atoms with Crippen LogP contribution >= 0.6 is 0 Å². The van der Waals surface area contributed by atoms with Crippen LogP contribution in [-0.4, -0.2) is 79.4 Å². The van der Waals surface area contributed by atoms with E-state index in [0.717, 1.165) is 11.1 Å². The van der Waals surface area contributed by atoms with Crippen LogP contribution in [0.25, 0.3) is 11.2 Å². The van der Waals surface area contributed by atoms with Crippen LogP contribution in [0.4, 0.5) is 5.82 Å². The number of sulfonamides is 1. The molecule has 17 heteroatoms. The highest BCUT2D eigenvalue weighted by Crippen LogP contribution is 2.43. The first-order valence-electron chi connectivity index (χ1n) is 20.7. The number of nitrogens with zero attached hydrogens (tertiary/aromatic N) is 7. The van der Waals surface area contributed by atoms with Gasteiger partial charge >= 0.3 is 11.9 Å². The van der Waals surface area contributed by atoms with Gasteiger partial charge in [-0.3, -0.25) is 9.25 Å². The standard InChI is InChI=1S/C46H47N9O7S/c1-4-54-27-36(52-53-54)39-40(61-45(56)33-21-13-7-14-22-33)41(62-46(57)34-23-15-8-16-24-34)44(60-39)55-29-48-38-42(50-37(51-43(38)55)26-49-63(58,59)28-30(2)3)47-25-35(31-17-9-5-10-18-31)32-19-11-6-12-20-32/h5-24,27,29-30,35,39-41,44,49H,4,25-26,28H2,1-3H3,(H,47,50,51)/t39-,40-,41-,44-/m1/s1. The molecular formula is C46H47N9O7S. The lowest BCUT2D eigenvalue weighted by atomic mass is 9.91. The summed E-state index contributed by atoms with van der Waals surface area (Å²) in [5, 5.41) is 12.1. The summed E-state index contributed by atoms with van der Waals surface area (Å²) in [6.07, 6.45) is -1.65. The molecule has 1 fully saturated rings. The van der Waals surface area contributed by atoms with Gasteiger partial charge in [0.25, 0.3) is 0 Å². The lowest BCUT2D eigenvalue weighted by molar-refractivity contribution is -0.0494. The molecule has 4 atom stereocenters. The zero-order chi connectivity index (χ0) is 43.9. The first kappa shape index (κ1) is 42.9. The van der Waals surface area contributed by atoms with Crippen molar-refractivity contribution in [3.05, 3.63) is 168 Å². The SMILES string of the molecule is CCn1cc([C@H]2O[C@@H](n3cnc4c(NCC(c5ccccc5)c5ccccc5)nc(CNS(=O)(=O)CC(C)C)nc43)[C@H](OC(=O)c3ccccc3)[C@@H]2OC(=O)c2ccccc2)nn1. The molecule has 7 aromatic rings. The number of imidazole rings is 1. The summed E-state index contributed by atoms with van der Waals surface area (Å²) in [4.78, 5) is 42.2. The molecule has 324 valence electrons. The van der Waals surface area contributed by atoms with E-state index in [1.165, 1.54) is 6.33 Å². The monoisotopic (exact) mass is 869 g/mol. The Kier molecular flexibility index (Phi) is 13.0. The van der Waals surface area contributed by atoms with Crippen molar-refractivity contribution in [2.24, 2.45) is 5.92 Å². The molecule has 0 radical (unpaired) electrons. The molecule has 0 aliphatic carbocycles. The number of benzene rings is 4. The van der Waals surface area contributed by atoms with Crippen LogP contribution in [0.15, 0.2) is 134 Å². The van der Waals surface area contributed by atoms with Crippen LogP contribution in [0.3, 0.4) is 0 Å². The Morgan fingerprint density at radius 1 is 0.794 bits per heavy atom. The quantitative estimate of drug-likeness (QED) is 0.0946. The molecule has 63 heavy (non-hydrogen) atoms. The number of aromatic nitrogens is 7. The predicted molar refractivity (Wildman–Crippen MR) is 234 cm³/mol. The molecule has 2 N–H and O–H groups in total. The summed E-state index contributed by atoms with van der Waals surface area (Å²) < 4.78 is 51.3. The number of anilines is 1. The molecule has 1 saturated heterocycles. The van der Waals surface area contributed by atoms with Gasteiger partial charge in [0.2, 0.25) is 10.0 Å². The summed E-state index contributed by atoms with van der Waals surface area (Å²) >= 11 is 0. The van der Waals surface area contributed by atoms with E-state index in [0.29, 0.717) is 30.1 Å². The zero-order valence-corrected chi connectivity index (χ0v) is 35.7. The van der Waals surface area contributed by atoms with Crippen LogP contribution in [0.1, 0.15) is 82.4 Å². The van der Waals surface area contributed by atoms with Gasteiger partial charge in [-0.15, -0.1) is 5.10 Å². The van der Waals surface area contributed by atoms with Gasteiger partial charge in [0.15, 0.2) is 35.4 Å². The minimum Gasteiger partial charge on any atom is -0.451 e. The van der Waals surface area contributed by atoms with E-state index in [2.05, 4.69) is 44.6 Å². The highest BCUT2D eigenvalue weighted by atomic mass is 32.2. The molecule has 0 saturated carbocycles. The van der Waals surface area contributed by atoms with Crippen molar-refractivity contribution in [2.75, 3.05) is 17.6 Å². The lowest BCUT2D eigenvalue weighted by Crippen LogP contribution is -2.37. The van der Waals surface area contributed by atoms with Crippen molar-refractivity contribution >= 4 is 38.9 Å². The first-order chi connectivity index (χ1) is 30.6. The molecular weight excluding hydrogens is 823 g/mol. The minimum atomic E-state index is -3.70. The molecule has 4 heterocycles. The molecule has 0 spiro atoms. The number of carbonyl (C=O) groups is 2. The Balaban J connectivity index is 1.23. The van der Waals surface area contributed by atoms with E-state index in [9.17, 15) is 18.0 Å². The Hall–Kier alpha value is -6.82. The molecule has 0 amide bonds. The number of esters is 2. The van der Waals surface area contributed by atoms with Gasteiger partial charge in [0.1, 0.15) is 17.6 Å². The van der Waals surface area contributed by atoms with Gasteiger partial charge in [-0.1, -0.05) is 116 Å². The Bertz CT molecular complexity index is 2710. The number of rotatable bonds is 17. The number of ether oxygens (including phenoxy) is 3. The van der Waals surface area contributed by atoms with Crippen LogP contribution in [0.2, 0.25) is 0 Å². The van der Waals surface area contributed by atoms with Crippen LogP contribution in [-0.2, 0) is 37.3 Å². The normalized spacial score (nSPS) is 17.6. The predicted octanol–water partition coefficient (Wildman–Crippen LogP) is 6.48.